The molecule has 0 fully saturated rings. The molecule has 1 aromatic heterocycles. The number of esters is 1. The summed E-state index contributed by atoms with van der Waals surface area (Å²) in [6, 6.07) is 1.57. The van der Waals surface area contributed by atoms with Crippen molar-refractivity contribution >= 4 is 17.7 Å². The predicted molar refractivity (Wildman–Crippen MR) is 60.9 cm³/mol. The molecule has 0 saturated heterocycles. The summed E-state index contributed by atoms with van der Waals surface area (Å²) in [6.45, 7) is 2.11. The average Bonchev–Trinajstić information content (AvgIpc) is 2.70. The molecule has 0 bridgehead atoms. The molecular formula is C10H16N4O3. The van der Waals surface area contributed by atoms with Gasteiger partial charge in [-0.25, -0.2) is 0 Å². The first-order valence-corrected chi connectivity index (χ1v) is 5.21. The van der Waals surface area contributed by atoms with E-state index in [4.69, 9.17) is 10.5 Å². The van der Waals surface area contributed by atoms with Crippen molar-refractivity contribution in [3.8, 4) is 0 Å². The molecular weight excluding hydrogens is 224 g/mol. The first-order chi connectivity index (χ1) is 8.02. The fourth-order valence-electron chi connectivity index (χ4n) is 1.07. The Balaban J connectivity index is 2.33. The second-order valence-electron chi connectivity index (χ2n) is 3.51. The third kappa shape index (κ3) is 4.13. The highest BCUT2D eigenvalue weighted by atomic mass is 16.5. The lowest BCUT2D eigenvalue weighted by atomic mass is 10.5. The van der Waals surface area contributed by atoms with Crippen LogP contribution in [0.1, 0.15) is 6.92 Å². The van der Waals surface area contributed by atoms with Crippen LogP contribution in [0.2, 0.25) is 0 Å². The van der Waals surface area contributed by atoms with Crippen LogP contribution in [-0.2, 0) is 20.9 Å². The normalized spacial score (nSPS) is 10.0. The molecule has 1 heterocycles. The SMILES string of the molecule is CCN(C)C(=O)COC(=O)Cn1ccc(N)n1. The van der Waals surface area contributed by atoms with E-state index in [0.717, 1.165) is 0 Å². The highest BCUT2D eigenvalue weighted by Crippen LogP contribution is 1.96. The van der Waals surface area contributed by atoms with E-state index in [1.807, 2.05) is 6.92 Å². The van der Waals surface area contributed by atoms with Gasteiger partial charge in [0.25, 0.3) is 5.91 Å². The van der Waals surface area contributed by atoms with Gasteiger partial charge >= 0.3 is 5.97 Å². The molecule has 1 rings (SSSR count). The number of nitrogens with zero attached hydrogens (tertiary/aromatic N) is 3. The van der Waals surface area contributed by atoms with Gasteiger partial charge in [-0.05, 0) is 13.0 Å². The van der Waals surface area contributed by atoms with Gasteiger partial charge in [0.05, 0.1) is 0 Å². The van der Waals surface area contributed by atoms with E-state index in [-0.39, 0.29) is 19.1 Å². The van der Waals surface area contributed by atoms with Crippen LogP contribution >= 0.6 is 0 Å². The van der Waals surface area contributed by atoms with Crippen LogP contribution in [0.3, 0.4) is 0 Å². The summed E-state index contributed by atoms with van der Waals surface area (Å²) in [5.41, 5.74) is 5.39. The van der Waals surface area contributed by atoms with Crippen LogP contribution in [0, 0.1) is 0 Å². The van der Waals surface area contributed by atoms with E-state index in [2.05, 4.69) is 5.10 Å². The zero-order chi connectivity index (χ0) is 12.8. The van der Waals surface area contributed by atoms with E-state index < -0.39 is 5.97 Å². The molecule has 0 aliphatic rings. The molecule has 94 valence electrons. The largest absolute Gasteiger partial charge is 0.454 e. The highest BCUT2D eigenvalue weighted by molar-refractivity contribution is 5.80. The van der Waals surface area contributed by atoms with Crippen LogP contribution in [0.4, 0.5) is 5.82 Å². The molecule has 0 unspecified atom stereocenters. The summed E-state index contributed by atoms with van der Waals surface area (Å²) in [4.78, 5) is 24.2. The maximum Gasteiger partial charge on any atom is 0.328 e. The van der Waals surface area contributed by atoms with Crippen molar-refractivity contribution in [2.45, 2.75) is 13.5 Å². The number of hydrogen-bond donors (Lipinski definition) is 1. The van der Waals surface area contributed by atoms with E-state index in [1.54, 1.807) is 19.3 Å². The quantitative estimate of drug-likeness (QED) is 0.700. The number of likely N-dealkylation sites (N-methyl/N-ethyl adjacent to an activating group) is 1. The Bertz CT molecular complexity index is 402. The van der Waals surface area contributed by atoms with Crippen LogP contribution in [0.25, 0.3) is 0 Å². The molecule has 17 heavy (non-hydrogen) atoms. The third-order valence-corrected chi connectivity index (χ3v) is 2.21. The van der Waals surface area contributed by atoms with Gasteiger partial charge in [0, 0.05) is 19.8 Å². The number of hydrogen-bond acceptors (Lipinski definition) is 5. The Morgan fingerprint density at radius 2 is 2.29 bits per heavy atom. The number of nitrogen functional groups attached to an aromatic ring is 1. The molecule has 0 atom stereocenters. The summed E-state index contributed by atoms with van der Waals surface area (Å²) in [6.07, 6.45) is 1.57. The second kappa shape index (κ2) is 5.88. The maximum atomic E-state index is 11.3. The van der Waals surface area contributed by atoms with E-state index in [9.17, 15) is 9.59 Å². The van der Waals surface area contributed by atoms with Crippen molar-refractivity contribution in [2.75, 3.05) is 25.9 Å². The Hall–Kier alpha value is -2.05. The standard InChI is InChI=1S/C10H16N4O3/c1-3-13(2)9(15)7-17-10(16)6-14-5-4-8(11)12-14/h4-5H,3,6-7H2,1-2H3,(H2,11,12). The molecule has 0 aliphatic carbocycles. The molecule has 1 aromatic rings. The van der Waals surface area contributed by atoms with Gasteiger partial charge in [-0.2, -0.15) is 5.10 Å². The summed E-state index contributed by atoms with van der Waals surface area (Å²) in [5.74, 6) is -0.425. The first kappa shape index (κ1) is 13.0. The fourth-order valence-corrected chi connectivity index (χ4v) is 1.07. The van der Waals surface area contributed by atoms with Crippen molar-refractivity contribution in [1.82, 2.24) is 14.7 Å². The summed E-state index contributed by atoms with van der Waals surface area (Å²) >= 11 is 0. The molecule has 0 radical (unpaired) electrons. The van der Waals surface area contributed by atoms with Gasteiger partial charge in [0.15, 0.2) is 6.61 Å². The van der Waals surface area contributed by atoms with Gasteiger partial charge in [0.2, 0.25) is 0 Å². The molecule has 7 nitrogen and oxygen atoms in total. The molecule has 0 aliphatic heterocycles. The number of rotatable bonds is 5. The molecule has 2 N–H and O–H groups in total. The highest BCUT2D eigenvalue weighted by Gasteiger charge is 2.11. The minimum atomic E-state index is -0.522. The zero-order valence-electron chi connectivity index (χ0n) is 9.92. The molecule has 0 aromatic carbocycles. The first-order valence-electron chi connectivity index (χ1n) is 5.21. The summed E-state index contributed by atoms with van der Waals surface area (Å²) in [7, 11) is 1.64. The molecule has 1 amide bonds. The van der Waals surface area contributed by atoms with Crippen molar-refractivity contribution in [2.24, 2.45) is 0 Å². The van der Waals surface area contributed by atoms with Gasteiger partial charge in [-0.3, -0.25) is 14.3 Å². The van der Waals surface area contributed by atoms with Crippen LogP contribution < -0.4 is 5.73 Å². The average molecular weight is 240 g/mol. The molecule has 7 heteroatoms. The fraction of sp³-hybridized carbons (Fsp3) is 0.500. The van der Waals surface area contributed by atoms with Crippen molar-refractivity contribution in [1.29, 1.82) is 0 Å². The summed E-state index contributed by atoms with van der Waals surface area (Å²) < 4.78 is 6.16. The minimum absolute atomic E-state index is 0.0552. The molecule has 0 saturated carbocycles. The minimum Gasteiger partial charge on any atom is -0.454 e. The van der Waals surface area contributed by atoms with E-state index in [1.165, 1.54) is 9.58 Å². The Morgan fingerprint density at radius 1 is 1.59 bits per heavy atom. The lowest BCUT2D eigenvalue weighted by Crippen LogP contribution is -2.31. The monoisotopic (exact) mass is 240 g/mol. The van der Waals surface area contributed by atoms with Crippen molar-refractivity contribution < 1.29 is 14.3 Å². The van der Waals surface area contributed by atoms with Crippen LogP contribution in [0.15, 0.2) is 12.3 Å². The molecule has 0 spiro atoms. The van der Waals surface area contributed by atoms with E-state index >= 15 is 0 Å². The summed E-state index contributed by atoms with van der Waals surface area (Å²) in [5, 5.41) is 3.83. The third-order valence-electron chi connectivity index (χ3n) is 2.21. The van der Waals surface area contributed by atoms with Gasteiger partial charge in [0.1, 0.15) is 12.4 Å². The van der Waals surface area contributed by atoms with Gasteiger partial charge in [-0.15, -0.1) is 0 Å². The van der Waals surface area contributed by atoms with Gasteiger partial charge in [-0.1, -0.05) is 0 Å². The Morgan fingerprint density at radius 3 is 2.82 bits per heavy atom. The maximum absolute atomic E-state index is 11.3. The Kier molecular flexibility index (Phi) is 4.50. The van der Waals surface area contributed by atoms with Crippen molar-refractivity contribution in [3.63, 3.8) is 0 Å². The van der Waals surface area contributed by atoms with Crippen molar-refractivity contribution in [3.05, 3.63) is 12.3 Å². The lowest BCUT2D eigenvalue weighted by molar-refractivity contribution is -0.152. The number of carbonyl (C=O) groups is 2. The second-order valence-corrected chi connectivity index (χ2v) is 3.51. The number of ether oxygens (including phenoxy) is 1. The van der Waals surface area contributed by atoms with E-state index in [0.29, 0.717) is 12.4 Å². The van der Waals surface area contributed by atoms with Gasteiger partial charge < -0.3 is 15.4 Å². The predicted octanol–water partition coefficient (Wildman–Crippen LogP) is -0.513. The topological polar surface area (TPSA) is 90.5 Å². The number of amides is 1. The smallest absolute Gasteiger partial charge is 0.328 e. The number of carbonyl (C=O) groups excluding carboxylic acids is 2. The Labute approximate surface area is 99.1 Å². The van der Waals surface area contributed by atoms with Crippen LogP contribution in [-0.4, -0.2) is 46.8 Å². The number of anilines is 1. The number of aromatic nitrogens is 2. The lowest BCUT2D eigenvalue weighted by Gasteiger charge is -2.14. The zero-order valence-corrected chi connectivity index (χ0v) is 9.92. The van der Waals surface area contributed by atoms with Crippen LogP contribution in [0.5, 0.6) is 0 Å². The number of nitrogens with two attached hydrogens (primary N) is 1.